The van der Waals surface area contributed by atoms with E-state index < -0.39 is 5.60 Å². The standard InChI is InChI=1S/C23H32N4O4/c1-23(2,3)31-22(29)26-14-11-16(12-15-26)24-20(28)18-9-6-7-13-27(18)21-25-17-8-4-5-10-19(17)30-21/h4-5,8,10,16,18H,6-7,9,11-15H2,1-3H3,(H,24,28). The number of hydrogen-bond acceptors (Lipinski definition) is 6. The highest BCUT2D eigenvalue weighted by atomic mass is 16.6. The topological polar surface area (TPSA) is 87.9 Å². The van der Waals surface area contributed by atoms with Gasteiger partial charge in [0.1, 0.15) is 17.2 Å². The summed E-state index contributed by atoms with van der Waals surface area (Å²) in [4.78, 5) is 33.7. The van der Waals surface area contributed by atoms with Crippen molar-refractivity contribution in [1.29, 1.82) is 0 Å². The summed E-state index contributed by atoms with van der Waals surface area (Å²) in [6.45, 7) is 7.51. The van der Waals surface area contributed by atoms with Gasteiger partial charge in [0.15, 0.2) is 5.58 Å². The highest BCUT2D eigenvalue weighted by Gasteiger charge is 2.34. The molecule has 31 heavy (non-hydrogen) atoms. The van der Waals surface area contributed by atoms with E-state index in [4.69, 9.17) is 9.15 Å². The summed E-state index contributed by atoms with van der Waals surface area (Å²) in [5.41, 5.74) is 1.03. The number of carbonyl (C=O) groups excluding carboxylic acids is 2. The second-order valence-corrected chi connectivity index (χ2v) is 9.42. The van der Waals surface area contributed by atoms with Gasteiger partial charge in [-0.15, -0.1) is 0 Å². The van der Waals surface area contributed by atoms with Crippen LogP contribution in [0, 0.1) is 0 Å². The van der Waals surface area contributed by atoms with Gasteiger partial charge in [0, 0.05) is 25.7 Å². The van der Waals surface area contributed by atoms with E-state index in [2.05, 4.69) is 10.3 Å². The number of para-hydroxylation sites is 2. The Balaban J connectivity index is 1.36. The van der Waals surface area contributed by atoms with E-state index in [9.17, 15) is 9.59 Å². The zero-order valence-corrected chi connectivity index (χ0v) is 18.6. The molecule has 0 bridgehead atoms. The zero-order chi connectivity index (χ0) is 22.0. The molecule has 0 saturated carbocycles. The van der Waals surface area contributed by atoms with Gasteiger partial charge in [0.25, 0.3) is 6.01 Å². The van der Waals surface area contributed by atoms with Crippen LogP contribution in [0.5, 0.6) is 0 Å². The van der Waals surface area contributed by atoms with Crippen LogP contribution in [-0.2, 0) is 9.53 Å². The molecule has 2 amide bonds. The smallest absolute Gasteiger partial charge is 0.410 e. The fourth-order valence-electron chi connectivity index (χ4n) is 4.25. The summed E-state index contributed by atoms with van der Waals surface area (Å²) >= 11 is 0. The van der Waals surface area contributed by atoms with Gasteiger partial charge in [-0.3, -0.25) is 4.79 Å². The van der Waals surface area contributed by atoms with E-state index in [0.717, 1.165) is 49.7 Å². The predicted molar refractivity (Wildman–Crippen MR) is 118 cm³/mol. The van der Waals surface area contributed by atoms with Gasteiger partial charge in [-0.1, -0.05) is 12.1 Å². The molecule has 0 radical (unpaired) electrons. The number of benzene rings is 1. The van der Waals surface area contributed by atoms with Crippen molar-refractivity contribution in [1.82, 2.24) is 15.2 Å². The maximum absolute atomic E-state index is 13.1. The highest BCUT2D eigenvalue weighted by molar-refractivity contribution is 5.85. The predicted octanol–water partition coefficient (Wildman–Crippen LogP) is 3.70. The summed E-state index contributed by atoms with van der Waals surface area (Å²) in [7, 11) is 0. The minimum Gasteiger partial charge on any atom is -0.444 e. The average Bonchev–Trinajstić information content (AvgIpc) is 3.17. The van der Waals surface area contributed by atoms with Crippen LogP contribution >= 0.6 is 0 Å². The van der Waals surface area contributed by atoms with Gasteiger partial charge >= 0.3 is 6.09 Å². The molecule has 2 saturated heterocycles. The summed E-state index contributed by atoms with van der Waals surface area (Å²) in [5.74, 6) is 0.0117. The number of anilines is 1. The molecular weight excluding hydrogens is 396 g/mol. The first-order valence-electron chi connectivity index (χ1n) is 11.2. The molecule has 8 heteroatoms. The number of aromatic nitrogens is 1. The number of carbonyl (C=O) groups is 2. The van der Waals surface area contributed by atoms with E-state index in [1.165, 1.54) is 0 Å². The summed E-state index contributed by atoms with van der Waals surface area (Å²) in [6, 6.07) is 7.94. The number of nitrogens with one attached hydrogen (secondary N) is 1. The lowest BCUT2D eigenvalue weighted by molar-refractivity contribution is -0.123. The monoisotopic (exact) mass is 428 g/mol. The Bertz CT molecular complexity index is 894. The van der Waals surface area contributed by atoms with E-state index in [-0.39, 0.29) is 24.1 Å². The normalized spacial score (nSPS) is 20.7. The van der Waals surface area contributed by atoms with Gasteiger partial charge < -0.3 is 24.3 Å². The third-order valence-corrected chi connectivity index (χ3v) is 5.83. The molecule has 3 heterocycles. The van der Waals surface area contributed by atoms with E-state index in [0.29, 0.717) is 19.1 Å². The number of ether oxygens (including phenoxy) is 1. The third-order valence-electron chi connectivity index (χ3n) is 5.83. The maximum atomic E-state index is 13.1. The summed E-state index contributed by atoms with van der Waals surface area (Å²) < 4.78 is 11.4. The van der Waals surface area contributed by atoms with Crippen LogP contribution in [-0.4, -0.2) is 59.2 Å². The summed E-state index contributed by atoms with van der Waals surface area (Å²) in [6.07, 6.45) is 3.96. The number of hydrogen-bond donors (Lipinski definition) is 1. The Morgan fingerprint density at radius 2 is 1.84 bits per heavy atom. The van der Waals surface area contributed by atoms with Gasteiger partial charge in [0.2, 0.25) is 5.91 Å². The number of oxazole rings is 1. The fourth-order valence-corrected chi connectivity index (χ4v) is 4.25. The minimum atomic E-state index is -0.503. The molecule has 0 aliphatic carbocycles. The molecule has 1 aromatic heterocycles. The Kier molecular flexibility index (Phi) is 6.07. The first-order valence-corrected chi connectivity index (χ1v) is 11.2. The number of amides is 2. The SMILES string of the molecule is CC(C)(C)OC(=O)N1CCC(NC(=O)C2CCCCN2c2nc3ccccc3o2)CC1. The quantitative estimate of drug-likeness (QED) is 0.802. The van der Waals surface area contributed by atoms with Crippen molar-refractivity contribution in [3.8, 4) is 0 Å². The second-order valence-electron chi connectivity index (χ2n) is 9.42. The van der Waals surface area contributed by atoms with Crippen molar-refractivity contribution in [3.63, 3.8) is 0 Å². The number of piperidine rings is 2. The Labute approximate surface area is 182 Å². The van der Waals surface area contributed by atoms with Crippen LogP contribution in [0.2, 0.25) is 0 Å². The van der Waals surface area contributed by atoms with Gasteiger partial charge in [0.05, 0.1) is 0 Å². The molecule has 0 spiro atoms. The lowest BCUT2D eigenvalue weighted by atomic mass is 10.00. The van der Waals surface area contributed by atoms with Crippen LogP contribution in [0.3, 0.4) is 0 Å². The van der Waals surface area contributed by atoms with Crippen molar-refractivity contribution < 1.29 is 18.7 Å². The number of rotatable bonds is 3. The average molecular weight is 429 g/mol. The molecular formula is C23H32N4O4. The molecule has 1 atom stereocenters. The van der Waals surface area contributed by atoms with Crippen molar-refractivity contribution >= 4 is 29.1 Å². The first-order chi connectivity index (χ1) is 14.8. The van der Waals surface area contributed by atoms with Crippen LogP contribution in [0.4, 0.5) is 10.8 Å². The molecule has 1 N–H and O–H groups in total. The van der Waals surface area contributed by atoms with Crippen LogP contribution < -0.4 is 10.2 Å². The molecule has 2 fully saturated rings. The fraction of sp³-hybridized carbons (Fsp3) is 0.609. The van der Waals surface area contributed by atoms with Crippen molar-refractivity contribution in [2.24, 2.45) is 0 Å². The van der Waals surface area contributed by atoms with Crippen LogP contribution in [0.25, 0.3) is 11.1 Å². The van der Waals surface area contributed by atoms with Crippen LogP contribution in [0.1, 0.15) is 52.9 Å². The number of nitrogens with zero attached hydrogens (tertiary/aromatic N) is 3. The van der Waals surface area contributed by atoms with E-state index in [1.54, 1.807) is 4.90 Å². The molecule has 2 aromatic rings. The minimum absolute atomic E-state index is 0.0117. The number of fused-ring (bicyclic) bond motifs is 1. The second kappa shape index (κ2) is 8.77. The molecule has 1 aromatic carbocycles. The molecule has 1 unspecified atom stereocenters. The Morgan fingerprint density at radius 3 is 2.55 bits per heavy atom. The Hall–Kier alpha value is -2.77. The summed E-state index contributed by atoms with van der Waals surface area (Å²) in [5, 5.41) is 3.20. The van der Waals surface area contributed by atoms with Gasteiger partial charge in [-0.25, -0.2) is 4.79 Å². The van der Waals surface area contributed by atoms with E-state index >= 15 is 0 Å². The molecule has 2 aliphatic rings. The first kappa shape index (κ1) is 21.5. The Morgan fingerprint density at radius 1 is 1.10 bits per heavy atom. The van der Waals surface area contributed by atoms with Crippen LogP contribution in [0.15, 0.2) is 28.7 Å². The largest absolute Gasteiger partial charge is 0.444 e. The number of likely N-dealkylation sites (tertiary alicyclic amines) is 1. The zero-order valence-electron chi connectivity index (χ0n) is 18.6. The maximum Gasteiger partial charge on any atom is 0.410 e. The molecule has 2 aliphatic heterocycles. The van der Waals surface area contributed by atoms with Gasteiger partial charge in [-0.05, 0) is 65.0 Å². The lowest BCUT2D eigenvalue weighted by Gasteiger charge is -2.37. The molecule has 8 nitrogen and oxygen atoms in total. The molecule has 4 rings (SSSR count). The lowest BCUT2D eigenvalue weighted by Crippen LogP contribution is -2.54. The van der Waals surface area contributed by atoms with Crippen molar-refractivity contribution in [2.45, 2.75) is 70.6 Å². The molecule has 168 valence electrons. The van der Waals surface area contributed by atoms with Gasteiger partial charge in [-0.2, -0.15) is 4.98 Å². The van der Waals surface area contributed by atoms with E-state index in [1.807, 2.05) is 49.9 Å². The third kappa shape index (κ3) is 5.11. The van der Waals surface area contributed by atoms with Crippen molar-refractivity contribution in [3.05, 3.63) is 24.3 Å². The van der Waals surface area contributed by atoms with Crippen molar-refractivity contribution in [2.75, 3.05) is 24.5 Å². The highest BCUT2D eigenvalue weighted by Crippen LogP contribution is 2.28.